The maximum Gasteiger partial charge on any atom is 0.227 e. The fourth-order valence-corrected chi connectivity index (χ4v) is 4.74. The Kier molecular flexibility index (Phi) is 5.47. The molecular weight excluding hydrogens is 416 g/mol. The topological polar surface area (TPSA) is 95.7 Å². The maximum absolute atomic E-state index is 13.2. The molecule has 0 aliphatic carbocycles. The Balaban J connectivity index is 1.91. The summed E-state index contributed by atoms with van der Waals surface area (Å²) in [6.45, 7) is 3.81. The van der Waals surface area contributed by atoms with E-state index in [2.05, 4.69) is 15.3 Å². The van der Waals surface area contributed by atoms with Crippen LogP contribution in [-0.4, -0.2) is 42.4 Å². The molecule has 0 aliphatic rings. The van der Waals surface area contributed by atoms with Gasteiger partial charge in [0.2, 0.25) is 14.9 Å². The summed E-state index contributed by atoms with van der Waals surface area (Å²) in [5, 5.41) is 12.8. The van der Waals surface area contributed by atoms with Crippen LogP contribution in [0.5, 0.6) is 5.75 Å². The summed E-state index contributed by atoms with van der Waals surface area (Å²) in [6, 6.07) is 14.1. The van der Waals surface area contributed by atoms with Crippen molar-refractivity contribution in [3.8, 4) is 16.9 Å². The minimum absolute atomic E-state index is 0.128. The zero-order valence-electron chi connectivity index (χ0n) is 17.7. The van der Waals surface area contributed by atoms with E-state index in [0.717, 1.165) is 22.4 Å². The molecule has 0 unspecified atom stereocenters. The molecule has 4 aromatic rings. The van der Waals surface area contributed by atoms with Gasteiger partial charge in [-0.2, -0.15) is 5.10 Å². The lowest BCUT2D eigenvalue weighted by Crippen LogP contribution is -2.12. The predicted molar refractivity (Wildman–Crippen MR) is 115 cm³/mol. The van der Waals surface area contributed by atoms with Crippen molar-refractivity contribution in [2.45, 2.75) is 30.4 Å². The van der Waals surface area contributed by atoms with Crippen molar-refractivity contribution < 1.29 is 17.9 Å². The molecule has 0 saturated carbocycles. The molecule has 2 aromatic carbocycles. The first-order valence-corrected chi connectivity index (χ1v) is 11.0. The summed E-state index contributed by atoms with van der Waals surface area (Å²) in [5.41, 5.74) is 4.03. The molecule has 0 bridgehead atoms. The van der Waals surface area contributed by atoms with E-state index in [9.17, 15) is 8.42 Å². The number of aromatic nitrogens is 4. The number of aryl methyl sites for hydroxylation is 2. The van der Waals surface area contributed by atoms with E-state index in [1.54, 1.807) is 45.4 Å². The number of benzene rings is 2. The van der Waals surface area contributed by atoms with Crippen molar-refractivity contribution in [3.05, 3.63) is 65.5 Å². The van der Waals surface area contributed by atoms with Crippen molar-refractivity contribution in [1.82, 2.24) is 19.8 Å². The molecule has 4 rings (SSSR count). The Labute approximate surface area is 180 Å². The first kappa shape index (κ1) is 21.0. The van der Waals surface area contributed by atoms with Gasteiger partial charge in [-0.05, 0) is 43.7 Å². The highest BCUT2D eigenvalue weighted by atomic mass is 32.2. The van der Waals surface area contributed by atoms with Gasteiger partial charge in [-0.3, -0.25) is 0 Å². The van der Waals surface area contributed by atoms with Crippen LogP contribution in [0.25, 0.3) is 16.8 Å². The van der Waals surface area contributed by atoms with Crippen LogP contribution in [0.1, 0.15) is 17.0 Å². The fraction of sp³-hybridized carbons (Fsp3) is 0.227. The number of hydrogen-bond donors (Lipinski definition) is 0. The lowest BCUT2D eigenvalue weighted by Gasteiger charge is -2.08. The molecule has 2 aromatic heterocycles. The molecule has 0 amide bonds. The third-order valence-electron chi connectivity index (χ3n) is 5.04. The van der Waals surface area contributed by atoms with Gasteiger partial charge in [0, 0.05) is 7.11 Å². The number of methoxy groups -OCH3 is 2. The minimum atomic E-state index is -3.85. The first-order valence-electron chi connectivity index (χ1n) is 9.57. The van der Waals surface area contributed by atoms with Crippen LogP contribution in [0.2, 0.25) is 0 Å². The molecule has 0 aliphatic heterocycles. The van der Waals surface area contributed by atoms with Gasteiger partial charge in [-0.15, -0.1) is 10.2 Å². The van der Waals surface area contributed by atoms with Gasteiger partial charge in [0.25, 0.3) is 0 Å². The van der Waals surface area contributed by atoms with Crippen molar-refractivity contribution in [3.63, 3.8) is 0 Å². The molecule has 0 radical (unpaired) electrons. The summed E-state index contributed by atoms with van der Waals surface area (Å²) in [6.07, 6.45) is 0. The van der Waals surface area contributed by atoms with Crippen LogP contribution in [-0.2, 0) is 21.2 Å². The summed E-state index contributed by atoms with van der Waals surface area (Å²) in [7, 11) is -0.670. The monoisotopic (exact) mass is 438 g/mol. The highest BCUT2D eigenvalue weighted by Crippen LogP contribution is 2.31. The van der Waals surface area contributed by atoms with Crippen molar-refractivity contribution in [2.24, 2.45) is 0 Å². The first-order chi connectivity index (χ1) is 14.9. The third-order valence-corrected chi connectivity index (χ3v) is 6.82. The number of nitrogens with zero attached hydrogens (tertiary/aromatic N) is 4. The van der Waals surface area contributed by atoms with Gasteiger partial charge in [-0.1, -0.05) is 29.8 Å². The van der Waals surface area contributed by atoms with Crippen LogP contribution in [0.3, 0.4) is 0 Å². The number of fused-ring (bicyclic) bond motifs is 1. The molecule has 0 N–H and O–H groups in total. The van der Waals surface area contributed by atoms with Gasteiger partial charge < -0.3 is 9.47 Å². The van der Waals surface area contributed by atoms with Crippen LogP contribution in [0, 0.1) is 13.8 Å². The van der Waals surface area contributed by atoms with E-state index in [-0.39, 0.29) is 16.5 Å². The number of hydrogen-bond acceptors (Lipinski definition) is 7. The zero-order valence-corrected chi connectivity index (χ0v) is 18.5. The van der Waals surface area contributed by atoms with Crippen LogP contribution < -0.4 is 4.74 Å². The van der Waals surface area contributed by atoms with E-state index in [1.165, 1.54) is 4.52 Å². The maximum atomic E-state index is 13.2. The number of rotatable bonds is 6. The highest BCUT2D eigenvalue weighted by molar-refractivity contribution is 7.91. The average Bonchev–Trinajstić information content (AvgIpc) is 3.13. The fourth-order valence-electron chi connectivity index (χ4n) is 3.40. The van der Waals surface area contributed by atoms with Gasteiger partial charge in [0.15, 0.2) is 5.65 Å². The minimum Gasteiger partial charge on any atom is -0.497 e. The summed E-state index contributed by atoms with van der Waals surface area (Å²) in [4.78, 5) is 0.162. The zero-order chi connectivity index (χ0) is 22.2. The SMILES string of the molecule is COCc1nn2c(C)c(S(=O)(=O)c3ccc(C)cc3)nnc2c1-c1ccc(OC)cc1. The number of ether oxygens (including phenoxy) is 2. The molecule has 31 heavy (non-hydrogen) atoms. The Morgan fingerprint density at radius 3 is 2.23 bits per heavy atom. The number of sulfone groups is 1. The van der Waals surface area contributed by atoms with E-state index in [0.29, 0.717) is 17.0 Å². The van der Waals surface area contributed by atoms with Gasteiger partial charge in [0.1, 0.15) is 5.75 Å². The Hall–Kier alpha value is -3.30. The molecule has 0 saturated heterocycles. The smallest absolute Gasteiger partial charge is 0.227 e. The third kappa shape index (κ3) is 3.66. The predicted octanol–water partition coefficient (Wildman–Crippen LogP) is 3.40. The Morgan fingerprint density at radius 1 is 0.935 bits per heavy atom. The molecule has 8 nitrogen and oxygen atoms in total. The second-order valence-electron chi connectivity index (χ2n) is 7.13. The summed E-state index contributed by atoms with van der Waals surface area (Å²) < 4.78 is 38.4. The van der Waals surface area contributed by atoms with Crippen LogP contribution >= 0.6 is 0 Å². The molecule has 0 spiro atoms. The van der Waals surface area contributed by atoms with Crippen molar-refractivity contribution in [2.75, 3.05) is 14.2 Å². The van der Waals surface area contributed by atoms with E-state index in [4.69, 9.17) is 9.47 Å². The van der Waals surface area contributed by atoms with Crippen molar-refractivity contribution >= 4 is 15.5 Å². The quantitative estimate of drug-likeness (QED) is 0.455. The van der Waals surface area contributed by atoms with Crippen LogP contribution in [0.4, 0.5) is 0 Å². The van der Waals surface area contributed by atoms with Gasteiger partial charge in [0.05, 0.1) is 35.6 Å². The lowest BCUT2D eigenvalue weighted by molar-refractivity contribution is 0.181. The molecule has 9 heteroatoms. The molecular formula is C22H22N4O4S. The van der Waals surface area contributed by atoms with E-state index in [1.807, 2.05) is 31.2 Å². The largest absolute Gasteiger partial charge is 0.497 e. The second kappa shape index (κ2) is 8.09. The molecule has 0 fully saturated rings. The summed E-state index contributed by atoms with van der Waals surface area (Å²) in [5.74, 6) is 0.724. The average molecular weight is 439 g/mol. The van der Waals surface area contributed by atoms with E-state index < -0.39 is 9.84 Å². The molecule has 0 atom stereocenters. The Bertz CT molecular complexity index is 1350. The molecule has 2 heterocycles. The molecule has 160 valence electrons. The van der Waals surface area contributed by atoms with Gasteiger partial charge in [-0.25, -0.2) is 12.9 Å². The van der Waals surface area contributed by atoms with Crippen LogP contribution in [0.15, 0.2) is 58.5 Å². The van der Waals surface area contributed by atoms with Crippen molar-refractivity contribution in [1.29, 1.82) is 0 Å². The summed E-state index contributed by atoms with van der Waals surface area (Å²) >= 11 is 0. The normalized spacial score (nSPS) is 11.7. The Morgan fingerprint density at radius 2 is 1.61 bits per heavy atom. The lowest BCUT2D eigenvalue weighted by atomic mass is 10.1. The van der Waals surface area contributed by atoms with Gasteiger partial charge >= 0.3 is 0 Å². The standard InChI is InChI=1S/C22H22N4O4S/c1-14-5-11-18(12-6-14)31(27,28)22-15(2)26-21(23-24-22)20(19(25-26)13-29-3)16-7-9-17(30-4)10-8-16/h5-12H,13H2,1-4H3. The second-order valence-corrected chi connectivity index (χ2v) is 8.99. The highest BCUT2D eigenvalue weighted by Gasteiger charge is 2.27. The van der Waals surface area contributed by atoms with E-state index >= 15 is 0 Å².